The molecule has 0 aliphatic carbocycles. The number of hydrogen-bond donors (Lipinski definition) is 0. The van der Waals surface area contributed by atoms with Gasteiger partial charge in [0.1, 0.15) is 0 Å². The van der Waals surface area contributed by atoms with Crippen molar-refractivity contribution in [1.29, 1.82) is 0 Å². The maximum Gasteiger partial charge on any atom is 0.0890 e. The summed E-state index contributed by atoms with van der Waals surface area (Å²) in [6.07, 6.45) is 0. The van der Waals surface area contributed by atoms with E-state index in [-0.39, 0.29) is 0 Å². The predicted molar refractivity (Wildman–Crippen MR) is 90.4 cm³/mol. The van der Waals surface area contributed by atoms with Crippen LogP contribution in [0.1, 0.15) is 78.6 Å². The highest BCUT2D eigenvalue weighted by molar-refractivity contribution is 5.74. The molecule has 112 valence electrons. The van der Waals surface area contributed by atoms with Gasteiger partial charge in [0, 0.05) is 0 Å². The van der Waals surface area contributed by atoms with E-state index in [1.807, 2.05) is 52.0 Å². The van der Waals surface area contributed by atoms with Crippen molar-refractivity contribution in [3.63, 3.8) is 0 Å². The summed E-state index contributed by atoms with van der Waals surface area (Å²) in [5.41, 5.74) is 4.26. The quantitative estimate of drug-likeness (QED) is 0.678. The summed E-state index contributed by atoms with van der Waals surface area (Å²) in [4.78, 5) is 9.47. The van der Waals surface area contributed by atoms with Gasteiger partial charge in [-0.15, -0.1) is 0 Å². The Labute approximate surface area is 124 Å². The Morgan fingerprint density at radius 2 is 0.950 bits per heavy atom. The van der Waals surface area contributed by atoms with Gasteiger partial charge in [0.25, 0.3) is 0 Å². The van der Waals surface area contributed by atoms with Gasteiger partial charge in [-0.25, -0.2) is 9.97 Å². The van der Waals surface area contributed by atoms with Gasteiger partial charge >= 0.3 is 0 Å². The van der Waals surface area contributed by atoms with Crippen LogP contribution in [0.25, 0.3) is 11.0 Å². The van der Waals surface area contributed by atoms with E-state index in [0.29, 0.717) is 11.8 Å². The minimum absolute atomic E-state index is 0.425. The fourth-order valence-corrected chi connectivity index (χ4v) is 1.88. The molecule has 0 aliphatic rings. The summed E-state index contributed by atoms with van der Waals surface area (Å²) >= 11 is 0. The van der Waals surface area contributed by atoms with Gasteiger partial charge < -0.3 is 0 Å². The molecule has 0 aliphatic heterocycles. The molecule has 2 heteroatoms. The lowest BCUT2D eigenvalue weighted by atomic mass is 10.00. The molecule has 2 nitrogen and oxygen atoms in total. The molecule has 20 heavy (non-hydrogen) atoms. The Morgan fingerprint density at radius 1 is 0.650 bits per heavy atom. The summed E-state index contributed by atoms with van der Waals surface area (Å²) in [6.45, 7) is 16.7. The number of hydrogen-bond acceptors (Lipinski definition) is 2. The number of nitrogens with zero attached hydrogens (tertiary/aromatic N) is 2. The fourth-order valence-electron chi connectivity index (χ4n) is 1.88. The van der Waals surface area contributed by atoms with Crippen LogP contribution in [0.3, 0.4) is 0 Å². The molecule has 0 amide bonds. The Hall–Kier alpha value is -1.44. The van der Waals surface area contributed by atoms with Gasteiger partial charge in [-0.2, -0.15) is 0 Å². The van der Waals surface area contributed by atoms with Gasteiger partial charge in [-0.1, -0.05) is 67.5 Å². The Morgan fingerprint density at radius 3 is 1.20 bits per heavy atom. The highest BCUT2D eigenvalue weighted by atomic mass is 14.8. The van der Waals surface area contributed by atoms with Crippen molar-refractivity contribution in [2.45, 2.75) is 67.2 Å². The summed E-state index contributed by atoms with van der Waals surface area (Å²) in [7, 11) is 0. The first kappa shape index (κ1) is 18.6. The Balaban J connectivity index is 0.000000829. The van der Waals surface area contributed by atoms with Crippen molar-refractivity contribution in [2.24, 2.45) is 0 Å². The fraction of sp³-hybridized carbons (Fsp3) is 0.556. The molecule has 2 aromatic rings. The molecular formula is C18H30N2. The number of para-hydroxylation sites is 2. The van der Waals surface area contributed by atoms with Crippen LogP contribution in [-0.4, -0.2) is 9.97 Å². The van der Waals surface area contributed by atoms with Crippen LogP contribution in [0.4, 0.5) is 0 Å². The monoisotopic (exact) mass is 274 g/mol. The molecule has 1 heterocycles. The number of aromatic nitrogens is 2. The van der Waals surface area contributed by atoms with Crippen LogP contribution in [0.2, 0.25) is 0 Å². The maximum atomic E-state index is 4.73. The molecular weight excluding hydrogens is 244 g/mol. The average molecular weight is 274 g/mol. The zero-order valence-corrected chi connectivity index (χ0v) is 14.4. The van der Waals surface area contributed by atoms with Crippen LogP contribution >= 0.6 is 0 Å². The smallest absolute Gasteiger partial charge is 0.0890 e. The lowest BCUT2D eigenvalue weighted by Gasteiger charge is -2.14. The second kappa shape index (κ2) is 9.46. The van der Waals surface area contributed by atoms with Crippen LogP contribution in [0, 0.1) is 0 Å². The summed E-state index contributed by atoms with van der Waals surface area (Å²) in [5, 5.41) is 0. The zero-order valence-electron chi connectivity index (χ0n) is 14.4. The third-order valence-electron chi connectivity index (χ3n) is 2.72. The summed E-state index contributed by atoms with van der Waals surface area (Å²) < 4.78 is 0. The van der Waals surface area contributed by atoms with E-state index in [9.17, 15) is 0 Å². The summed E-state index contributed by atoms with van der Waals surface area (Å²) in [5.74, 6) is 0.851. The van der Waals surface area contributed by atoms with E-state index in [1.54, 1.807) is 0 Å². The van der Waals surface area contributed by atoms with Crippen LogP contribution in [0.5, 0.6) is 0 Å². The molecule has 0 radical (unpaired) electrons. The number of rotatable bonds is 2. The van der Waals surface area contributed by atoms with E-state index >= 15 is 0 Å². The lowest BCUT2D eigenvalue weighted by molar-refractivity contribution is 0.737. The van der Waals surface area contributed by atoms with Crippen LogP contribution in [-0.2, 0) is 0 Å². The van der Waals surface area contributed by atoms with Crippen LogP contribution < -0.4 is 0 Å². The topological polar surface area (TPSA) is 25.8 Å². The van der Waals surface area contributed by atoms with E-state index in [4.69, 9.17) is 9.97 Å². The molecule has 0 N–H and O–H groups in total. The minimum Gasteiger partial charge on any atom is -0.249 e. The average Bonchev–Trinajstić information content (AvgIpc) is 2.49. The van der Waals surface area contributed by atoms with Crippen LogP contribution in [0.15, 0.2) is 24.3 Å². The third kappa shape index (κ3) is 4.59. The minimum atomic E-state index is 0.425. The van der Waals surface area contributed by atoms with Crippen molar-refractivity contribution in [3.05, 3.63) is 35.7 Å². The van der Waals surface area contributed by atoms with Gasteiger partial charge in [0.05, 0.1) is 22.4 Å². The molecule has 0 fully saturated rings. The Bertz CT molecular complexity index is 455. The summed E-state index contributed by atoms with van der Waals surface area (Å²) in [6, 6.07) is 8.07. The first-order valence-electron chi connectivity index (χ1n) is 7.86. The Kier molecular flexibility index (Phi) is 8.78. The first-order chi connectivity index (χ1) is 9.59. The number of benzene rings is 1. The second-order valence-electron chi connectivity index (χ2n) is 4.79. The molecule has 0 unspecified atom stereocenters. The van der Waals surface area contributed by atoms with Gasteiger partial charge in [0.2, 0.25) is 0 Å². The standard InChI is InChI=1S/C14H18N2.2C2H6/c1-9(2)13-14(10(3)4)16-12-8-6-5-7-11(12)15-13;2*1-2/h5-10H,1-4H3;2*1-2H3. The van der Waals surface area contributed by atoms with Crippen molar-refractivity contribution in [1.82, 2.24) is 9.97 Å². The van der Waals surface area contributed by atoms with E-state index < -0.39 is 0 Å². The van der Waals surface area contributed by atoms with Crippen molar-refractivity contribution >= 4 is 11.0 Å². The van der Waals surface area contributed by atoms with Gasteiger partial charge in [0.15, 0.2) is 0 Å². The molecule has 0 atom stereocenters. The van der Waals surface area contributed by atoms with Crippen molar-refractivity contribution in [2.75, 3.05) is 0 Å². The predicted octanol–water partition coefficient (Wildman–Crippen LogP) is 5.93. The van der Waals surface area contributed by atoms with Crippen molar-refractivity contribution < 1.29 is 0 Å². The highest BCUT2D eigenvalue weighted by Gasteiger charge is 2.14. The van der Waals surface area contributed by atoms with Crippen molar-refractivity contribution in [3.8, 4) is 0 Å². The molecule has 0 saturated heterocycles. The SMILES string of the molecule is CC.CC.CC(C)c1nc2ccccc2nc1C(C)C. The zero-order chi connectivity index (χ0) is 15.7. The van der Waals surface area contributed by atoms with E-state index in [2.05, 4.69) is 27.7 Å². The number of fused-ring (bicyclic) bond motifs is 1. The first-order valence-corrected chi connectivity index (χ1v) is 7.86. The molecule has 1 aromatic carbocycles. The molecule has 0 saturated carbocycles. The lowest BCUT2D eigenvalue weighted by Crippen LogP contribution is -2.05. The van der Waals surface area contributed by atoms with E-state index in [0.717, 1.165) is 22.4 Å². The molecule has 2 rings (SSSR count). The van der Waals surface area contributed by atoms with Gasteiger partial charge in [-0.05, 0) is 24.0 Å². The van der Waals surface area contributed by atoms with Gasteiger partial charge in [-0.3, -0.25) is 0 Å². The van der Waals surface area contributed by atoms with E-state index in [1.165, 1.54) is 0 Å². The highest BCUT2D eigenvalue weighted by Crippen LogP contribution is 2.24. The largest absolute Gasteiger partial charge is 0.249 e. The molecule has 0 bridgehead atoms. The molecule has 0 spiro atoms. The normalized spacial score (nSPS) is 9.90. The molecule has 1 aromatic heterocycles. The maximum absolute atomic E-state index is 4.73. The second-order valence-corrected chi connectivity index (χ2v) is 4.79. The third-order valence-corrected chi connectivity index (χ3v) is 2.72.